The van der Waals surface area contributed by atoms with Crippen molar-refractivity contribution in [3.05, 3.63) is 29.8 Å². The van der Waals surface area contributed by atoms with Crippen molar-refractivity contribution in [3.8, 4) is 5.75 Å². The van der Waals surface area contributed by atoms with Gasteiger partial charge in [-0.05, 0) is 57.0 Å². The number of rotatable bonds is 9. The predicted octanol–water partition coefficient (Wildman–Crippen LogP) is 4.23. The van der Waals surface area contributed by atoms with E-state index in [-0.39, 0.29) is 0 Å². The number of benzene rings is 1. The summed E-state index contributed by atoms with van der Waals surface area (Å²) >= 11 is 0. The van der Waals surface area contributed by atoms with Crippen molar-refractivity contribution in [3.63, 3.8) is 0 Å². The van der Waals surface area contributed by atoms with Crippen LogP contribution < -0.4 is 0 Å². The van der Waals surface area contributed by atoms with Gasteiger partial charge in [0.15, 0.2) is 0 Å². The first-order valence-electron chi connectivity index (χ1n) is 7.69. The van der Waals surface area contributed by atoms with Gasteiger partial charge in [0.2, 0.25) is 0 Å². The number of unbranched alkanes of at least 4 members (excludes halogenated alkanes) is 2. The molecule has 0 aliphatic carbocycles. The summed E-state index contributed by atoms with van der Waals surface area (Å²) in [7, 11) is 0. The standard InChI is InChI=1S/C17H29NO/c1-4-6-12-18(13-7-5-2)15(3)14-16-8-10-17(19)11-9-16/h8-11,15,19H,4-7,12-14H2,1-3H3. The Balaban J connectivity index is 2.53. The van der Waals surface area contributed by atoms with Crippen LogP contribution in [-0.4, -0.2) is 29.1 Å². The first kappa shape index (κ1) is 16.0. The van der Waals surface area contributed by atoms with Crippen molar-refractivity contribution >= 4 is 0 Å². The van der Waals surface area contributed by atoms with E-state index in [2.05, 4.69) is 25.7 Å². The lowest BCUT2D eigenvalue weighted by Gasteiger charge is -2.29. The van der Waals surface area contributed by atoms with Gasteiger partial charge in [0.05, 0.1) is 0 Å². The fraction of sp³-hybridized carbons (Fsp3) is 0.647. The SMILES string of the molecule is CCCCN(CCCC)C(C)Cc1ccc(O)cc1. The highest BCUT2D eigenvalue weighted by molar-refractivity contribution is 5.26. The highest BCUT2D eigenvalue weighted by Crippen LogP contribution is 2.14. The molecule has 1 aromatic carbocycles. The molecule has 0 saturated heterocycles. The number of hydrogen-bond acceptors (Lipinski definition) is 2. The van der Waals surface area contributed by atoms with E-state index < -0.39 is 0 Å². The van der Waals surface area contributed by atoms with E-state index in [0.717, 1.165) is 6.42 Å². The molecular formula is C17H29NO. The molecule has 0 heterocycles. The molecule has 1 N–H and O–H groups in total. The van der Waals surface area contributed by atoms with E-state index in [1.165, 1.54) is 44.3 Å². The summed E-state index contributed by atoms with van der Waals surface area (Å²) in [6, 6.07) is 8.20. The smallest absolute Gasteiger partial charge is 0.115 e. The molecule has 1 aromatic rings. The number of aromatic hydroxyl groups is 1. The van der Waals surface area contributed by atoms with Gasteiger partial charge < -0.3 is 10.0 Å². The van der Waals surface area contributed by atoms with Crippen LogP contribution in [0.2, 0.25) is 0 Å². The second-order valence-corrected chi connectivity index (χ2v) is 5.46. The molecule has 1 atom stereocenters. The maximum Gasteiger partial charge on any atom is 0.115 e. The molecular weight excluding hydrogens is 234 g/mol. The number of phenolic OH excluding ortho intramolecular Hbond substituents is 1. The zero-order chi connectivity index (χ0) is 14.1. The van der Waals surface area contributed by atoms with Crippen LogP contribution in [0, 0.1) is 0 Å². The van der Waals surface area contributed by atoms with Gasteiger partial charge in [0, 0.05) is 6.04 Å². The molecule has 1 unspecified atom stereocenters. The first-order valence-corrected chi connectivity index (χ1v) is 7.69. The largest absolute Gasteiger partial charge is 0.508 e. The van der Waals surface area contributed by atoms with Gasteiger partial charge in [-0.3, -0.25) is 0 Å². The van der Waals surface area contributed by atoms with E-state index in [9.17, 15) is 5.11 Å². The number of hydrogen-bond donors (Lipinski definition) is 1. The molecule has 0 aromatic heterocycles. The highest BCUT2D eigenvalue weighted by Gasteiger charge is 2.13. The normalized spacial score (nSPS) is 12.8. The quantitative estimate of drug-likeness (QED) is 0.721. The second kappa shape index (κ2) is 8.98. The van der Waals surface area contributed by atoms with Crippen molar-refractivity contribution in [2.24, 2.45) is 0 Å². The Labute approximate surface area is 118 Å². The lowest BCUT2D eigenvalue weighted by atomic mass is 10.0. The lowest BCUT2D eigenvalue weighted by molar-refractivity contribution is 0.201. The summed E-state index contributed by atoms with van der Waals surface area (Å²) in [4.78, 5) is 2.61. The zero-order valence-electron chi connectivity index (χ0n) is 12.7. The van der Waals surface area contributed by atoms with Crippen molar-refractivity contribution in [2.75, 3.05) is 13.1 Å². The summed E-state index contributed by atoms with van der Waals surface area (Å²) < 4.78 is 0. The highest BCUT2D eigenvalue weighted by atomic mass is 16.3. The molecule has 2 nitrogen and oxygen atoms in total. The summed E-state index contributed by atoms with van der Waals surface area (Å²) in [6.45, 7) is 9.23. The van der Waals surface area contributed by atoms with Gasteiger partial charge in [0.25, 0.3) is 0 Å². The average molecular weight is 263 g/mol. The van der Waals surface area contributed by atoms with E-state index in [4.69, 9.17) is 0 Å². The minimum absolute atomic E-state index is 0.352. The van der Waals surface area contributed by atoms with Gasteiger partial charge in [-0.1, -0.05) is 38.8 Å². The maximum atomic E-state index is 9.32. The Morgan fingerprint density at radius 3 is 2.00 bits per heavy atom. The van der Waals surface area contributed by atoms with Crippen molar-refractivity contribution in [1.82, 2.24) is 4.90 Å². The second-order valence-electron chi connectivity index (χ2n) is 5.46. The van der Waals surface area contributed by atoms with Crippen LogP contribution >= 0.6 is 0 Å². The maximum absolute atomic E-state index is 9.32. The van der Waals surface area contributed by atoms with Crippen molar-refractivity contribution in [1.29, 1.82) is 0 Å². The van der Waals surface area contributed by atoms with Crippen molar-refractivity contribution in [2.45, 2.75) is 58.9 Å². The molecule has 0 saturated carbocycles. The van der Waals surface area contributed by atoms with Gasteiger partial charge in [-0.15, -0.1) is 0 Å². The monoisotopic (exact) mass is 263 g/mol. The summed E-state index contributed by atoms with van der Waals surface area (Å²) in [5, 5.41) is 9.32. The van der Waals surface area contributed by atoms with Crippen molar-refractivity contribution < 1.29 is 5.11 Å². The average Bonchev–Trinajstić information content (AvgIpc) is 2.41. The Kier molecular flexibility index (Phi) is 7.57. The van der Waals surface area contributed by atoms with E-state index in [1.807, 2.05) is 12.1 Å². The van der Waals surface area contributed by atoms with Crippen LogP contribution in [0.5, 0.6) is 5.75 Å². The third-order valence-corrected chi connectivity index (χ3v) is 3.69. The van der Waals surface area contributed by atoms with Gasteiger partial charge in [-0.25, -0.2) is 0 Å². The Bertz CT molecular complexity index is 326. The molecule has 19 heavy (non-hydrogen) atoms. The third-order valence-electron chi connectivity index (χ3n) is 3.69. The fourth-order valence-electron chi connectivity index (χ4n) is 2.38. The van der Waals surface area contributed by atoms with E-state index >= 15 is 0 Å². The van der Waals surface area contributed by atoms with Crippen LogP contribution in [-0.2, 0) is 6.42 Å². The number of nitrogens with zero attached hydrogens (tertiary/aromatic N) is 1. The Morgan fingerprint density at radius 1 is 1.00 bits per heavy atom. The zero-order valence-corrected chi connectivity index (χ0v) is 12.7. The first-order chi connectivity index (χ1) is 9.17. The molecule has 2 heteroatoms. The molecule has 0 amide bonds. The lowest BCUT2D eigenvalue weighted by Crippen LogP contribution is -2.36. The minimum atomic E-state index is 0.352. The van der Waals surface area contributed by atoms with E-state index in [1.54, 1.807) is 12.1 Å². The topological polar surface area (TPSA) is 23.5 Å². The Morgan fingerprint density at radius 2 is 1.53 bits per heavy atom. The molecule has 0 aliphatic heterocycles. The van der Waals surface area contributed by atoms with Crippen LogP contribution in [0.4, 0.5) is 0 Å². The molecule has 108 valence electrons. The van der Waals surface area contributed by atoms with Crippen LogP contribution in [0.15, 0.2) is 24.3 Å². The molecule has 0 spiro atoms. The third kappa shape index (κ3) is 6.11. The van der Waals surface area contributed by atoms with Crippen LogP contribution in [0.1, 0.15) is 52.0 Å². The van der Waals surface area contributed by atoms with Crippen LogP contribution in [0.3, 0.4) is 0 Å². The van der Waals surface area contributed by atoms with E-state index in [0.29, 0.717) is 11.8 Å². The van der Waals surface area contributed by atoms with Crippen LogP contribution in [0.25, 0.3) is 0 Å². The Hall–Kier alpha value is -1.02. The van der Waals surface area contributed by atoms with Gasteiger partial charge in [0.1, 0.15) is 5.75 Å². The minimum Gasteiger partial charge on any atom is -0.508 e. The molecule has 0 bridgehead atoms. The summed E-state index contributed by atoms with van der Waals surface area (Å²) in [6.07, 6.45) is 6.14. The van der Waals surface area contributed by atoms with Gasteiger partial charge in [-0.2, -0.15) is 0 Å². The summed E-state index contributed by atoms with van der Waals surface area (Å²) in [5.74, 6) is 0.352. The molecule has 0 radical (unpaired) electrons. The van der Waals surface area contributed by atoms with Gasteiger partial charge >= 0.3 is 0 Å². The fourth-order valence-corrected chi connectivity index (χ4v) is 2.38. The molecule has 0 fully saturated rings. The number of phenols is 1. The summed E-state index contributed by atoms with van der Waals surface area (Å²) in [5.41, 5.74) is 1.31. The predicted molar refractivity (Wildman–Crippen MR) is 82.7 cm³/mol. The molecule has 0 aliphatic rings. The molecule has 1 rings (SSSR count).